The number of oxime groups is 1. The van der Waals surface area contributed by atoms with E-state index in [1.165, 1.54) is 0 Å². The summed E-state index contributed by atoms with van der Waals surface area (Å²) in [5.41, 5.74) is 7.84. The van der Waals surface area contributed by atoms with E-state index in [-0.39, 0.29) is 0 Å². The number of hydrogen-bond acceptors (Lipinski definition) is 6. The second kappa shape index (κ2) is 7.19. The molecule has 2 aromatic rings. The lowest BCUT2D eigenvalue weighted by molar-refractivity contribution is -0.0159. The average Bonchev–Trinajstić information content (AvgIpc) is 2.98. The highest BCUT2D eigenvalue weighted by Crippen LogP contribution is 2.32. The minimum Gasteiger partial charge on any atom is -0.387 e. The van der Waals surface area contributed by atoms with E-state index in [0.29, 0.717) is 12.1 Å². The standard InChI is InChI=1S/C19H22N2O4S/c1-19(20,15-11-7-4-8-12-15)18-17(25-26(2,22)23)16(21-24-18)13-14-9-5-3-6-10-14/h3-12,17-18H,13,20H2,1-2H3. The van der Waals surface area contributed by atoms with Crippen LogP contribution in [0, 0.1) is 0 Å². The number of nitrogens with zero attached hydrogens (tertiary/aromatic N) is 1. The summed E-state index contributed by atoms with van der Waals surface area (Å²) >= 11 is 0. The van der Waals surface area contributed by atoms with Crippen molar-refractivity contribution < 1.29 is 17.4 Å². The zero-order valence-corrected chi connectivity index (χ0v) is 15.5. The van der Waals surface area contributed by atoms with Crippen LogP contribution in [-0.2, 0) is 31.1 Å². The maximum absolute atomic E-state index is 11.8. The van der Waals surface area contributed by atoms with E-state index >= 15 is 0 Å². The fourth-order valence-corrected chi connectivity index (χ4v) is 3.61. The molecule has 2 aromatic carbocycles. The maximum atomic E-state index is 11.8. The molecular formula is C19H22N2O4S. The van der Waals surface area contributed by atoms with Crippen LogP contribution in [0.5, 0.6) is 0 Å². The Kier molecular flexibility index (Phi) is 5.13. The molecule has 3 unspecified atom stereocenters. The van der Waals surface area contributed by atoms with E-state index in [4.69, 9.17) is 14.8 Å². The van der Waals surface area contributed by atoms with Crippen LogP contribution in [0.4, 0.5) is 0 Å². The zero-order valence-electron chi connectivity index (χ0n) is 14.7. The number of nitrogens with two attached hydrogens (primary N) is 1. The zero-order chi connectivity index (χ0) is 18.8. The first-order valence-electron chi connectivity index (χ1n) is 8.26. The highest BCUT2D eigenvalue weighted by Gasteiger charge is 2.48. The van der Waals surface area contributed by atoms with Gasteiger partial charge in [-0.3, -0.25) is 4.18 Å². The van der Waals surface area contributed by atoms with Gasteiger partial charge < -0.3 is 10.6 Å². The first-order valence-corrected chi connectivity index (χ1v) is 10.1. The number of hydrogen-bond donors (Lipinski definition) is 1. The molecule has 1 heterocycles. The van der Waals surface area contributed by atoms with Crippen molar-refractivity contribution >= 4 is 15.8 Å². The van der Waals surface area contributed by atoms with E-state index in [0.717, 1.165) is 17.4 Å². The van der Waals surface area contributed by atoms with Crippen molar-refractivity contribution in [3.63, 3.8) is 0 Å². The average molecular weight is 374 g/mol. The first kappa shape index (κ1) is 18.6. The summed E-state index contributed by atoms with van der Waals surface area (Å²) in [6, 6.07) is 19.0. The van der Waals surface area contributed by atoms with Crippen molar-refractivity contribution in [3.05, 3.63) is 71.8 Å². The molecule has 3 rings (SSSR count). The third kappa shape index (κ3) is 4.12. The van der Waals surface area contributed by atoms with Gasteiger partial charge in [0.2, 0.25) is 0 Å². The molecule has 1 aliphatic rings. The molecule has 0 fully saturated rings. The third-order valence-electron chi connectivity index (χ3n) is 4.38. The molecule has 26 heavy (non-hydrogen) atoms. The Morgan fingerprint density at radius 3 is 2.27 bits per heavy atom. The molecule has 0 bridgehead atoms. The van der Waals surface area contributed by atoms with Gasteiger partial charge in [0.05, 0.1) is 17.5 Å². The second-order valence-corrected chi connectivity index (χ2v) is 8.24. The minimum atomic E-state index is -3.72. The van der Waals surface area contributed by atoms with E-state index in [1.807, 2.05) is 60.7 Å². The fourth-order valence-electron chi connectivity index (χ4n) is 3.02. The predicted molar refractivity (Wildman–Crippen MR) is 100 cm³/mol. The smallest absolute Gasteiger partial charge is 0.265 e. The van der Waals surface area contributed by atoms with Crippen LogP contribution in [0.15, 0.2) is 65.8 Å². The van der Waals surface area contributed by atoms with Crippen LogP contribution in [0.1, 0.15) is 18.1 Å². The quantitative estimate of drug-likeness (QED) is 0.783. The summed E-state index contributed by atoms with van der Waals surface area (Å²) in [5.74, 6) is 0. The molecule has 2 N–H and O–H groups in total. The molecule has 1 aliphatic heterocycles. The van der Waals surface area contributed by atoms with Gasteiger partial charge >= 0.3 is 0 Å². The van der Waals surface area contributed by atoms with E-state index in [1.54, 1.807) is 6.92 Å². The van der Waals surface area contributed by atoms with Crippen molar-refractivity contribution in [1.29, 1.82) is 0 Å². The van der Waals surface area contributed by atoms with Crippen molar-refractivity contribution in [3.8, 4) is 0 Å². The Balaban J connectivity index is 1.91. The molecule has 0 amide bonds. The highest BCUT2D eigenvalue weighted by atomic mass is 32.2. The lowest BCUT2D eigenvalue weighted by atomic mass is 9.83. The molecule has 7 heteroatoms. The SMILES string of the molecule is CC(N)(c1ccccc1)C1ON=C(Cc2ccccc2)C1OS(C)(=O)=O. The van der Waals surface area contributed by atoms with E-state index < -0.39 is 27.9 Å². The Bertz CT molecular complexity index is 880. The molecule has 0 saturated heterocycles. The predicted octanol–water partition coefficient (Wildman–Crippen LogP) is 2.20. The number of rotatable bonds is 6. The third-order valence-corrected chi connectivity index (χ3v) is 4.94. The van der Waals surface area contributed by atoms with Gasteiger partial charge in [0.25, 0.3) is 10.1 Å². The van der Waals surface area contributed by atoms with Gasteiger partial charge in [-0.05, 0) is 18.1 Å². The molecule has 3 atom stereocenters. The normalized spacial score (nSPS) is 22.3. The second-order valence-electron chi connectivity index (χ2n) is 6.64. The van der Waals surface area contributed by atoms with Gasteiger partial charge in [0, 0.05) is 6.42 Å². The van der Waals surface area contributed by atoms with Gasteiger partial charge in [0.15, 0.2) is 12.2 Å². The molecule has 6 nitrogen and oxygen atoms in total. The monoisotopic (exact) mass is 374 g/mol. The van der Waals surface area contributed by atoms with Crippen LogP contribution >= 0.6 is 0 Å². The maximum Gasteiger partial charge on any atom is 0.265 e. The molecule has 0 aliphatic carbocycles. The van der Waals surface area contributed by atoms with Gasteiger partial charge in [-0.25, -0.2) is 0 Å². The molecule has 138 valence electrons. The molecule has 0 aromatic heterocycles. The van der Waals surface area contributed by atoms with E-state index in [2.05, 4.69) is 5.16 Å². The van der Waals surface area contributed by atoms with Crippen molar-refractivity contribution in [2.45, 2.75) is 31.1 Å². The van der Waals surface area contributed by atoms with Crippen molar-refractivity contribution in [1.82, 2.24) is 0 Å². The lowest BCUT2D eigenvalue weighted by Gasteiger charge is -2.33. The number of benzene rings is 2. The van der Waals surface area contributed by atoms with Gasteiger partial charge in [0.1, 0.15) is 0 Å². The molecular weight excluding hydrogens is 352 g/mol. The molecule has 0 radical (unpaired) electrons. The van der Waals surface area contributed by atoms with Crippen LogP contribution < -0.4 is 5.73 Å². The van der Waals surface area contributed by atoms with Crippen LogP contribution in [0.25, 0.3) is 0 Å². The Morgan fingerprint density at radius 2 is 1.69 bits per heavy atom. The summed E-state index contributed by atoms with van der Waals surface area (Å²) in [5, 5.41) is 4.12. The van der Waals surface area contributed by atoms with Crippen molar-refractivity contribution in [2.24, 2.45) is 10.9 Å². The topological polar surface area (TPSA) is 91.0 Å². The Labute approximate surface area is 153 Å². The van der Waals surface area contributed by atoms with Crippen LogP contribution in [0.2, 0.25) is 0 Å². The Hall–Kier alpha value is -2.22. The Morgan fingerprint density at radius 1 is 1.12 bits per heavy atom. The van der Waals surface area contributed by atoms with Gasteiger partial charge in [-0.1, -0.05) is 65.8 Å². The summed E-state index contributed by atoms with van der Waals surface area (Å²) in [6.45, 7) is 1.78. The molecule has 0 saturated carbocycles. The highest BCUT2D eigenvalue weighted by molar-refractivity contribution is 7.86. The first-order chi connectivity index (χ1) is 12.3. The van der Waals surface area contributed by atoms with Crippen LogP contribution in [0.3, 0.4) is 0 Å². The summed E-state index contributed by atoms with van der Waals surface area (Å²) in [7, 11) is -3.72. The van der Waals surface area contributed by atoms with Crippen molar-refractivity contribution in [2.75, 3.05) is 6.26 Å². The lowest BCUT2D eigenvalue weighted by Crippen LogP contribution is -2.53. The van der Waals surface area contributed by atoms with Gasteiger partial charge in [-0.15, -0.1) is 0 Å². The van der Waals surface area contributed by atoms with Crippen LogP contribution in [-0.4, -0.2) is 32.6 Å². The summed E-state index contributed by atoms with van der Waals surface area (Å²) in [6.07, 6.45) is -0.222. The largest absolute Gasteiger partial charge is 0.387 e. The molecule has 0 spiro atoms. The fraction of sp³-hybridized carbons (Fsp3) is 0.316. The van der Waals surface area contributed by atoms with E-state index in [9.17, 15) is 8.42 Å². The minimum absolute atomic E-state index is 0.419. The summed E-state index contributed by atoms with van der Waals surface area (Å²) < 4.78 is 29.0. The van der Waals surface area contributed by atoms with Gasteiger partial charge in [-0.2, -0.15) is 8.42 Å². The summed E-state index contributed by atoms with van der Waals surface area (Å²) in [4.78, 5) is 5.59.